The van der Waals surface area contributed by atoms with Gasteiger partial charge in [-0.1, -0.05) is 42.5 Å². The maximum absolute atomic E-state index is 12.3. The summed E-state index contributed by atoms with van der Waals surface area (Å²) in [7, 11) is 0. The fourth-order valence-electron chi connectivity index (χ4n) is 2.61. The molecule has 2 N–H and O–H groups in total. The second kappa shape index (κ2) is 8.78. The summed E-state index contributed by atoms with van der Waals surface area (Å²) in [4.78, 5) is 12.6. The van der Waals surface area contributed by atoms with Gasteiger partial charge in [0.25, 0.3) is 0 Å². The van der Waals surface area contributed by atoms with Gasteiger partial charge in [-0.15, -0.1) is 11.8 Å². The van der Waals surface area contributed by atoms with Crippen molar-refractivity contribution in [3.63, 3.8) is 0 Å². The Hall–Kier alpha value is -2.44. The Morgan fingerprint density at radius 2 is 1.85 bits per heavy atom. The number of hydrogen-bond acceptors (Lipinski definition) is 6. The van der Waals surface area contributed by atoms with Gasteiger partial charge in [0.2, 0.25) is 0 Å². The SMILES string of the molecule is O=C1OC(c2ccc(OCCO)cc2)CC(O)=C1SCc1ccccc1. The molecule has 0 radical (unpaired) electrons. The zero-order valence-corrected chi connectivity index (χ0v) is 14.9. The molecule has 0 aliphatic carbocycles. The van der Waals surface area contributed by atoms with Crippen LogP contribution in [0.3, 0.4) is 0 Å². The van der Waals surface area contributed by atoms with Crippen molar-refractivity contribution in [2.24, 2.45) is 0 Å². The lowest BCUT2D eigenvalue weighted by Gasteiger charge is -2.24. The maximum atomic E-state index is 12.3. The minimum Gasteiger partial charge on any atom is -0.511 e. The fourth-order valence-corrected chi connectivity index (χ4v) is 3.53. The molecule has 136 valence electrons. The summed E-state index contributed by atoms with van der Waals surface area (Å²) in [6.45, 7) is 0.174. The van der Waals surface area contributed by atoms with Crippen LogP contribution in [0.1, 0.15) is 23.7 Å². The zero-order valence-electron chi connectivity index (χ0n) is 14.1. The van der Waals surface area contributed by atoms with Crippen LogP contribution in [0, 0.1) is 0 Å². The van der Waals surface area contributed by atoms with E-state index in [9.17, 15) is 9.90 Å². The zero-order chi connectivity index (χ0) is 18.4. The molecule has 0 saturated carbocycles. The van der Waals surface area contributed by atoms with Crippen LogP contribution in [-0.4, -0.2) is 29.4 Å². The average molecular weight is 372 g/mol. The van der Waals surface area contributed by atoms with E-state index < -0.39 is 12.1 Å². The quantitative estimate of drug-likeness (QED) is 0.721. The van der Waals surface area contributed by atoms with Gasteiger partial charge in [-0.2, -0.15) is 0 Å². The molecule has 0 amide bonds. The van der Waals surface area contributed by atoms with Gasteiger partial charge in [-0.3, -0.25) is 0 Å². The summed E-state index contributed by atoms with van der Waals surface area (Å²) in [6.07, 6.45) is -0.268. The third kappa shape index (κ3) is 4.59. The van der Waals surface area contributed by atoms with E-state index in [0.717, 1.165) is 11.1 Å². The van der Waals surface area contributed by atoms with Gasteiger partial charge < -0.3 is 19.7 Å². The molecule has 5 nitrogen and oxygen atoms in total. The normalized spacial score (nSPS) is 17.1. The highest BCUT2D eigenvalue weighted by atomic mass is 32.2. The van der Waals surface area contributed by atoms with E-state index in [0.29, 0.717) is 11.5 Å². The summed E-state index contributed by atoms with van der Waals surface area (Å²) in [6, 6.07) is 16.8. The Kier molecular flexibility index (Phi) is 6.20. The van der Waals surface area contributed by atoms with Crippen LogP contribution in [0.15, 0.2) is 65.3 Å². The van der Waals surface area contributed by atoms with Crippen LogP contribution in [0.5, 0.6) is 5.75 Å². The number of carbonyl (C=O) groups is 1. The minimum atomic E-state index is -0.518. The van der Waals surface area contributed by atoms with Crippen molar-refractivity contribution in [1.29, 1.82) is 0 Å². The summed E-state index contributed by atoms with van der Waals surface area (Å²) < 4.78 is 10.8. The number of rotatable bonds is 7. The standard InChI is InChI=1S/C20H20O5S/c21-10-11-24-16-8-6-15(7-9-16)18-12-17(22)19(20(23)25-18)26-13-14-4-2-1-3-5-14/h1-9,18,21-22H,10-13H2. The van der Waals surface area contributed by atoms with Crippen LogP contribution in [0.2, 0.25) is 0 Å². The van der Waals surface area contributed by atoms with E-state index in [4.69, 9.17) is 14.6 Å². The fraction of sp³-hybridized carbons (Fsp3) is 0.250. The molecule has 6 heteroatoms. The van der Waals surface area contributed by atoms with Crippen molar-refractivity contribution >= 4 is 17.7 Å². The molecular weight excluding hydrogens is 352 g/mol. The van der Waals surface area contributed by atoms with Gasteiger partial charge >= 0.3 is 5.97 Å². The molecule has 1 atom stereocenters. The highest BCUT2D eigenvalue weighted by Gasteiger charge is 2.30. The van der Waals surface area contributed by atoms with Gasteiger partial charge in [0.05, 0.1) is 6.61 Å². The van der Waals surface area contributed by atoms with Gasteiger partial charge in [0.1, 0.15) is 29.1 Å². The Morgan fingerprint density at radius 3 is 2.50 bits per heavy atom. The topological polar surface area (TPSA) is 76.0 Å². The van der Waals surface area contributed by atoms with Crippen molar-refractivity contribution < 1.29 is 24.5 Å². The summed E-state index contributed by atoms with van der Waals surface area (Å²) in [5, 5.41) is 19.1. The van der Waals surface area contributed by atoms with E-state index in [1.165, 1.54) is 11.8 Å². The summed E-state index contributed by atoms with van der Waals surface area (Å²) in [5.41, 5.74) is 1.86. The molecule has 0 fully saturated rings. The first-order valence-electron chi connectivity index (χ1n) is 8.31. The molecule has 1 heterocycles. The predicted molar refractivity (Wildman–Crippen MR) is 99.9 cm³/mol. The smallest absolute Gasteiger partial charge is 0.348 e. The van der Waals surface area contributed by atoms with E-state index in [1.54, 1.807) is 24.3 Å². The molecule has 3 rings (SSSR count). The third-order valence-electron chi connectivity index (χ3n) is 3.91. The van der Waals surface area contributed by atoms with Gasteiger partial charge in [-0.25, -0.2) is 4.79 Å². The summed E-state index contributed by atoms with van der Waals surface area (Å²) in [5.74, 6) is 0.786. The molecule has 26 heavy (non-hydrogen) atoms. The lowest BCUT2D eigenvalue weighted by molar-refractivity contribution is -0.146. The number of thioether (sulfide) groups is 1. The van der Waals surface area contributed by atoms with Crippen molar-refractivity contribution in [3.05, 3.63) is 76.4 Å². The van der Waals surface area contributed by atoms with Crippen LogP contribution in [-0.2, 0) is 15.3 Å². The summed E-state index contributed by atoms with van der Waals surface area (Å²) >= 11 is 1.29. The van der Waals surface area contributed by atoms with Crippen molar-refractivity contribution in [2.45, 2.75) is 18.3 Å². The van der Waals surface area contributed by atoms with Gasteiger partial charge in [0, 0.05) is 12.2 Å². The highest BCUT2D eigenvalue weighted by molar-refractivity contribution is 8.03. The number of aliphatic hydroxyl groups excluding tert-OH is 2. The maximum Gasteiger partial charge on any atom is 0.348 e. The number of cyclic esters (lactones) is 1. The number of benzene rings is 2. The van der Waals surface area contributed by atoms with Crippen LogP contribution >= 0.6 is 11.8 Å². The molecular formula is C20H20O5S. The van der Waals surface area contributed by atoms with E-state index in [-0.39, 0.29) is 30.3 Å². The molecule has 0 aromatic heterocycles. The third-order valence-corrected chi connectivity index (χ3v) is 5.08. The first kappa shape index (κ1) is 18.4. The van der Waals surface area contributed by atoms with E-state index in [1.807, 2.05) is 30.3 Å². The molecule has 0 saturated heterocycles. The molecule has 2 aromatic rings. The highest BCUT2D eigenvalue weighted by Crippen LogP contribution is 2.37. The largest absolute Gasteiger partial charge is 0.511 e. The first-order chi connectivity index (χ1) is 12.7. The van der Waals surface area contributed by atoms with Crippen LogP contribution in [0.4, 0.5) is 0 Å². The number of ether oxygens (including phenoxy) is 2. The van der Waals surface area contributed by atoms with E-state index in [2.05, 4.69) is 0 Å². The van der Waals surface area contributed by atoms with Crippen LogP contribution < -0.4 is 4.74 Å². The Morgan fingerprint density at radius 1 is 1.12 bits per heavy atom. The minimum absolute atomic E-state index is 0.0515. The molecule has 1 aliphatic heterocycles. The molecule has 1 unspecified atom stereocenters. The van der Waals surface area contributed by atoms with Crippen molar-refractivity contribution in [2.75, 3.05) is 13.2 Å². The van der Waals surface area contributed by atoms with Crippen molar-refractivity contribution in [1.82, 2.24) is 0 Å². The number of esters is 1. The Balaban J connectivity index is 1.65. The molecule has 1 aliphatic rings. The van der Waals surface area contributed by atoms with E-state index >= 15 is 0 Å². The second-order valence-corrected chi connectivity index (χ2v) is 6.77. The number of carbonyl (C=O) groups excluding carboxylic acids is 1. The lowest BCUT2D eigenvalue weighted by Crippen LogP contribution is -2.20. The average Bonchev–Trinajstić information content (AvgIpc) is 2.67. The predicted octanol–water partition coefficient (Wildman–Crippen LogP) is 3.75. The van der Waals surface area contributed by atoms with Gasteiger partial charge in [-0.05, 0) is 23.3 Å². The first-order valence-corrected chi connectivity index (χ1v) is 9.29. The Labute approximate surface area is 156 Å². The second-order valence-electron chi connectivity index (χ2n) is 5.79. The van der Waals surface area contributed by atoms with Gasteiger partial charge in [0.15, 0.2) is 0 Å². The number of hydrogen-bond donors (Lipinski definition) is 2. The lowest BCUT2D eigenvalue weighted by atomic mass is 10.0. The molecule has 0 spiro atoms. The molecule has 0 bridgehead atoms. The number of aliphatic hydroxyl groups is 2. The monoisotopic (exact) mass is 372 g/mol. The van der Waals surface area contributed by atoms with Crippen molar-refractivity contribution in [3.8, 4) is 5.75 Å². The van der Waals surface area contributed by atoms with Crippen LogP contribution in [0.25, 0.3) is 0 Å². The molecule has 2 aromatic carbocycles. The Bertz CT molecular complexity index is 771.